The number of urea groups is 1. The van der Waals surface area contributed by atoms with Crippen LogP contribution in [0.15, 0.2) is 40.0 Å². The summed E-state index contributed by atoms with van der Waals surface area (Å²) in [7, 11) is 0. The minimum absolute atomic E-state index is 0.169. The number of ether oxygens (including phenoxy) is 1. The smallest absolute Gasteiger partial charge is 0.337 e. The van der Waals surface area contributed by atoms with Crippen LogP contribution in [0, 0.1) is 0 Å². The molecule has 21 heavy (non-hydrogen) atoms. The summed E-state index contributed by atoms with van der Waals surface area (Å²) >= 11 is 3.36. The fourth-order valence-electron chi connectivity index (χ4n) is 1.85. The second kappa shape index (κ2) is 7.12. The van der Waals surface area contributed by atoms with Gasteiger partial charge in [0.1, 0.15) is 0 Å². The number of esters is 1. The molecule has 0 saturated heterocycles. The normalized spacial score (nSPS) is 14.3. The molecule has 0 aliphatic carbocycles. The predicted octanol–water partition coefficient (Wildman–Crippen LogP) is 1.99. The van der Waals surface area contributed by atoms with E-state index in [9.17, 15) is 9.59 Å². The van der Waals surface area contributed by atoms with Gasteiger partial charge >= 0.3 is 12.0 Å². The summed E-state index contributed by atoms with van der Waals surface area (Å²) < 4.78 is 5.97. The average Bonchev–Trinajstić information content (AvgIpc) is 2.47. The highest BCUT2D eigenvalue weighted by atomic mass is 79.9. The van der Waals surface area contributed by atoms with Crippen molar-refractivity contribution in [3.05, 3.63) is 40.0 Å². The van der Waals surface area contributed by atoms with Gasteiger partial charge in [0.25, 0.3) is 0 Å². The Bertz CT molecular complexity index is 569. The van der Waals surface area contributed by atoms with Crippen LogP contribution in [-0.2, 0) is 9.53 Å². The number of carbonyl (C=O) groups excluding carboxylic acids is 2. The van der Waals surface area contributed by atoms with Gasteiger partial charge in [-0.2, -0.15) is 0 Å². The molecule has 1 aliphatic heterocycles. The molecule has 1 aliphatic rings. The van der Waals surface area contributed by atoms with Crippen LogP contribution in [-0.4, -0.2) is 31.7 Å². The zero-order valence-electron chi connectivity index (χ0n) is 11.5. The first kappa shape index (κ1) is 15.4. The van der Waals surface area contributed by atoms with Crippen molar-refractivity contribution in [2.75, 3.05) is 25.0 Å². The SMILES string of the molecule is CCOC(=O)C1=C(CNc2ccc(Br)cc2)NC(=O)NC1. The lowest BCUT2D eigenvalue weighted by atomic mass is 10.1. The van der Waals surface area contributed by atoms with Crippen LogP contribution in [0.3, 0.4) is 0 Å². The van der Waals surface area contributed by atoms with Crippen LogP contribution < -0.4 is 16.0 Å². The van der Waals surface area contributed by atoms with Gasteiger partial charge in [-0.1, -0.05) is 15.9 Å². The van der Waals surface area contributed by atoms with Crippen molar-refractivity contribution in [2.24, 2.45) is 0 Å². The van der Waals surface area contributed by atoms with Crippen molar-refractivity contribution >= 4 is 33.6 Å². The molecule has 1 aromatic rings. The predicted molar refractivity (Wildman–Crippen MR) is 82.8 cm³/mol. The van der Waals surface area contributed by atoms with Crippen LogP contribution in [0.5, 0.6) is 0 Å². The van der Waals surface area contributed by atoms with Crippen molar-refractivity contribution < 1.29 is 14.3 Å². The number of amides is 2. The first-order chi connectivity index (χ1) is 10.1. The number of nitrogens with one attached hydrogen (secondary N) is 3. The molecule has 112 valence electrons. The molecule has 6 nitrogen and oxygen atoms in total. The van der Waals surface area contributed by atoms with Gasteiger partial charge in [0, 0.05) is 10.2 Å². The van der Waals surface area contributed by atoms with Crippen LogP contribution >= 0.6 is 15.9 Å². The second-order valence-corrected chi connectivity index (χ2v) is 5.26. The summed E-state index contributed by atoms with van der Waals surface area (Å²) in [6.07, 6.45) is 0. The van der Waals surface area contributed by atoms with Crippen molar-refractivity contribution in [3.63, 3.8) is 0 Å². The first-order valence-corrected chi connectivity index (χ1v) is 7.33. The van der Waals surface area contributed by atoms with Gasteiger partial charge in [0.15, 0.2) is 0 Å². The highest BCUT2D eigenvalue weighted by Crippen LogP contribution is 2.15. The summed E-state index contributed by atoms with van der Waals surface area (Å²) in [5, 5.41) is 8.37. The third kappa shape index (κ3) is 4.22. The number of anilines is 1. The maximum Gasteiger partial charge on any atom is 0.337 e. The van der Waals surface area contributed by atoms with E-state index in [1.807, 2.05) is 24.3 Å². The van der Waals surface area contributed by atoms with Crippen LogP contribution in [0.25, 0.3) is 0 Å². The highest BCUT2D eigenvalue weighted by Gasteiger charge is 2.23. The van der Waals surface area contributed by atoms with Crippen molar-refractivity contribution in [1.82, 2.24) is 10.6 Å². The molecule has 0 spiro atoms. The summed E-state index contributed by atoms with van der Waals surface area (Å²) in [5.41, 5.74) is 1.85. The molecule has 2 amide bonds. The topological polar surface area (TPSA) is 79.5 Å². The maximum absolute atomic E-state index is 11.9. The van der Waals surface area contributed by atoms with Gasteiger partial charge in [-0.05, 0) is 31.2 Å². The Morgan fingerprint density at radius 3 is 2.76 bits per heavy atom. The molecule has 0 radical (unpaired) electrons. The molecule has 2 rings (SSSR count). The molecule has 0 aromatic heterocycles. The maximum atomic E-state index is 11.9. The minimum Gasteiger partial charge on any atom is -0.463 e. The van der Waals surface area contributed by atoms with E-state index in [0.29, 0.717) is 24.4 Å². The van der Waals surface area contributed by atoms with E-state index >= 15 is 0 Å². The van der Waals surface area contributed by atoms with E-state index in [1.54, 1.807) is 6.92 Å². The lowest BCUT2D eigenvalue weighted by molar-refractivity contribution is -0.138. The zero-order valence-corrected chi connectivity index (χ0v) is 13.1. The monoisotopic (exact) mass is 353 g/mol. The molecule has 0 saturated carbocycles. The Hall–Kier alpha value is -2.02. The quantitative estimate of drug-likeness (QED) is 0.707. The number of hydrogen-bond acceptors (Lipinski definition) is 4. The minimum atomic E-state index is -0.419. The van der Waals surface area contributed by atoms with Gasteiger partial charge in [-0.15, -0.1) is 0 Å². The average molecular weight is 354 g/mol. The van der Waals surface area contributed by atoms with E-state index < -0.39 is 5.97 Å². The van der Waals surface area contributed by atoms with Gasteiger partial charge < -0.3 is 20.7 Å². The van der Waals surface area contributed by atoms with Gasteiger partial charge in [-0.3, -0.25) is 0 Å². The van der Waals surface area contributed by atoms with Gasteiger partial charge in [0.2, 0.25) is 0 Å². The largest absolute Gasteiger partial charge is 0.463 e. The standard InChI is InChI=1S/C14H16BrN3O3/c1-2-21-13(19)11-7-17-14(20)18-12(11)8-16-10-5-3-9(15)4-6-10/h3-6,16H,2,7-8H2,1H3,(H2,17,18,20). The first-order valence-electron chi connectivity index (χ1n) is 6.53. The zero-order chi connectivity index (χ0) is 15.2. The lowest BCUT2D eigenvalue weighted by Gasteiger charge is -2.21. The third-order valence-corrected chi connectivity index (χ3v) is 3.42. The van der Waals surface area contributed by atoms with Crippen molar-refractivity contribution in [2.45, 2.75) is 6.92 Å². The summed E-state index contributed by atoms with van der Waals surface area (Å²) in [6.45, 7) is 2.54. The van der Waals surface area contributed by atoms with E-state index in [4.69, 9.17) is 4.74 Å². The van der Waals surface area contributed by atoms with Crippen LogP contribution in [0.1, 0.15) is 6.92 Å². The van der Waals surface area contributed by atoms with Gasteiger partial charge in [0.05, 0.1) is 31.0 Å². The van der Waals surface area contributed by atoms with Gasteiger partial charge in [-0.25, -0.2) is 9.59 Å². The number of carbonyl (C=O) groups is 2. The summed E-state index contributed by atoms with van der Waals surface area (Å²) in [6, 6.07) is 7.29. The van der Waals surface area contributed by atoms with Crippen LogP contribution in [0.2, 0.25) is 0 Å². The molecule has 1 aromatic carbocycles. The summed E-state index contributed by atoms with van der Waals surface area (Å²) in [5.74, 6) is -0.419. The Morgan fingerprint density at radius 2 is 2.10 bits per heavy atom. The van der Waals surface area contributed by atoms with E-state index in [0.717, 1.165) is 10.2 Å². The molecule has 1 heterocycles. The van der Waals surface area contributed by atoms with E-state index in [2.05, 4.69) is 31.9 Å². The molecular weight excluding hydrogens is 338 g/mol. The Labute approximate surface area is 131 Å². The van der Waals surface area contributed by atoms with Crippen LogP contribution in [0.4, 0.5) is 10.5 Å². The molecule has 0 atom stereocenters. The molecule has 0 fully saturated rings. The molecular formula is C14H16BrN3O3. The number of hydrogen-bond donors (Lipinski definition) is 3. The molecule has 7 heteroatoms. The Kier molecular flexibility index (Phi) is 5.21. The van der Waals surface area contributed by atoms with Crippen molar-refractivity contribution in [3.8, 4) is 0 Å². The van der Waals surface area contributed by atoms with E-state index in [1.165, 1.54) is 0 Å². The number of halogens is 1. The highest BCUT2D eigenvalue weighted by molar-refractivity contribution is 9.10. The lowest BCUT2D eigenvalue weighted by Crippen LogP contribution is -2.45. The number of benzene rings is 1. The van der Waals surface area contributed by atoms with Crippen molar-refractivity contribution in [1.29, 1.82) is 0 Å². The number of rotatable bonds is 5. The summed E-state index contributed by atoms with van der Waals surface area (Å²) in [4.78, 5) is 23.3. The Morgan fingerprint density at radius 1 is 1.38 bits per heavy atom. The fourth-order valence-corrected chi connectivity index (χ4v) is 2.12. The molecule has 0 bridgehead atoms. The third-order valence-electron chi connectivity index (χ3n) is 2.89. The fraction of sp³-hybridized carbons (Fsp3) is 0.286. The molecule has 3 N–H and O–H groups in total. The molecule has 0 unspecified atom stereocenters. The second-order valence-electron chi connectivity index (χ2n) is 4.35. The van der Waals surface area contributed by atoms with E-state index in [-0.39, 0.29) is 12.6 Å². The Balaban J connectivity index is 2.10.